The van der Waals surface area contributed by atoms with Crippen LogP contribution in [0.4, 0.5) is 10.1 Å². The predicted octanol–water partition coefficient (Wildman–Crippen LogP) is 2.67. The van der Waals surface area contributed by atoms with Gasteiger partial charge in [-0.2, -0.15) is 4.68 Å². The number of nitrogens with one attached hydrogen (secondary N) is 1. The second-order valence-corrected chi connectivity index (χ2v) is 5.07. The molecule has 1 aromatic heterocycles. The smallest absolute Gasteiger partial charge is 0.258 e. The van der Waals surface area contributed by atoms with Crippen molar-refractivity contribution < 1.29 is 9.18 Å². The molecule has 3 aromatic rings. The van der Waals surface area contributed by atoms with E-state index in [1.54, 1.807) is 48.9 Å². The number of tetrazole rings is 1. The Morgan fingerprint density at radius 1 is 1.17 bits per heavy atom. The largest absolute Gasteiger partial charge is 0.322 e. The zero-order valence-electron chi connectivity index (χ0n) is 12.6. The van der Waals surface area contributed by atoms with E-state index in [-0.39, 0.29) is 5.56 Å². The van der Waals surface area contributed by atoms with Gasteiger partial charge in [-0.15, -0.1) is 5.10 Å². The van der Waals surface area contributed by atoms with Gasteiger partial charge in [0.25, 0.3) is 5.91 Å². The van der Waals surface area contributed by atoms with Crippen molar-refractivity contribution in [2.75, 3.05) is 5.32 Å². The number of anilines is 1. The topological polar surface area (TPSA) is 72.7 Å². The fraction of sp³-hybridized carbons (Fsp3) is 0.125. The van der Waals surface area contributed by atoms with Crippen LogP contribution >= 0.6 is 0 Å². The lowest BCUT2D eigenvalue weighted by atomic mass is 10.1. The second kappa shape index (κ2) is 5.96. The number of rotatable bonds is 3. The van der Waals surface area contributed by atoms with Crippen molar-refractivity contribution in [1.82, 2.24) is 20.2 Å². The van der Waals surface area contributed by atoms with E-state index in [4.69, 9.17) is 0 Å². The molecule has 0 atom stereocenters. The van der Waals surface area contributed by atoms with E-state index in [1.807, 2.05) is 6.07 Å². The molecule has 1 N–H and O–H groups in total. The summed E-state index contributed by atoms with van der Waals surface area (Å²) in [4.78, 5) is 12.3. The fourth-order valence-corrected chi connectivity index (χ4v) is 2.30. The van der Waals surface area contributed by atoms with Crippen LogP contribution in [0.15, 0.2) is 42.5 Å². The molecule has 6 nitrogen and oxygen atoms in total. The molecule has 0 radical (unpaired) electrons. The predicted molar refractivity (Wildman–Crippen MR) is 83.0 cm³/mol. The van der Waals surface area contributed by atoms with Gasteiger partial charge < -0.3 is 5.32 Å². The highest BCUT2D eigenvalue weighted by atomic mass is 19.1. The van der Waals surface area contributed by atoms with Gasteiger partial charge in [-0.3, -0.25) is 4.79 Å². The molecule has 7 heteroatoms. The normalized spacial score (nSPS) is 10.6. The highest BCUT2D eigenvalue weighted by molar-refractivity contribution is 6.05. The van der Waals surface area contributed by atoms with Crippen LogP contribution in [0, 0.1) is 19.7 Å². The first-order valence-electron chi connectivity index (χ1n) is 6.98. The summed E-state index contributed by atoms with van der Waals surface area (Å²) in [5.74, 6) is -0.417. The number of carbonyl (C=O) groups excluding carboxylic acids is 1. The summed E-state index contributed by atoms with van der Waals surface area (Å²) in [5, 5.41) is 14.0. The fourth-order valence-electron chi connectivity index (χ4n) is 2.30. The highest BCUT2D eigenvalue weighted by Crippen LogP contribution is 2.18. The van der Waals surface area contributed by atoms with Gasteiger partial charge in [0.1, 0.15) is 5.82 Å². The molecule has 0 aliphatic carbocycles. The maximum atomic E-state index is 13.9. The minimum atomic E-state index is -0.546. The third kappa shape index (κ3) is 2.94. The van der Waals surface area contributed by atoms with Crippen molar-refractivity contribution in [3.8, 4) is 5.69 Å². The van der Waals surface area contributed by atoms with E-state index in [0.717, 1.165) is 0 Å². The Bertz CT molecular complexity index is 854. The summed E-state index contributed by atoms with van der Waals surface area (Å²) in [7, 11) is 0. The molecule has 1 heterocycles. The SMILES string of the molecule is Cc1cccc(F)c1C(=O)Nc1cccc(-n2nnnc2C)c1. The molecule has 0 unspecified atom stereocenters. The summed E-state index contributed by atoms with van der Waals surface area (Å²) >= 11 is 0. The van der Waals surface area contributed by atoms with Gasteiger partial charge in [-0.05, 0) is 54.1 Å². The second-order valence-electron chi connectivity index (χ2n) is 5.07. The van der Waals surface area contributed by atoms with Crippen LogP contribution in [0.25, 0.3) is 5.69 Å². The van der Waals surface area contributed by atoms with Crippen molar-refractivity contribution >= 4 is 11.6 Å². The van der Waals surface area contributed by atoms with E-state index in [0.29, 0.717) is 22.8 Å². The van der Waals surface area contributed by atoms with Crippen LogP contribution in [0.5, 0.6) is 0 Å². The number of nitrogens with zero attached hydrogens (tertiary/aromatic N) is 4. The molecule has 23 heavy (non-hydrogen) atoms. The van der Waals surface area contributed by atoms with Gasteiger partial charge in [0.2, 0.25) is 0 Å². The molecule has 0 saturated heterocycles. The Balaban J connectivity index is 1.89. The number of benzene rings is 2. The molecule has 3 rings (SSSR count). The van der Waals surface area contributed by atoms with Crippen LogP contribution in [-0.4, -0.2) is 26.1 Å². The molecular formula is C16H14FN5O. The Hall–Kier alpha value is -3.09. The molecule has 1 amide bonds. The summed E-state index contributed by atoms with van der Waals surface area (Å²) in [6.45, 7) is 3.47. The third-order valence-corrected chi connectivity index (χ3v) is 3.42. The van der Waals surface area contributed by atoms with Gasteiger partial charge in [0, 0.05) is 5.69 Å². The molecular weight excluding hydrogens is 297 g/mol. The monoisotopic (exact) mass is 311 g/mol. The number of hydrogen-bond acceptors (Lipinski definition) is 4. The lowest BCUT2D eigenvalue weighted by Gasteiger charge is -2.10. The summed E-state index contributed by atoms with van der Waals surface area (Å²) in [5.41, 5.74) is 1.85. The van der Waals surface area contributed by atoms with Gasteiger partial charge >= 0.3 is 0 Å². The lowest BCUT2D eigenvalue weighted by Crippen LogP contribution is -2.15. The van der Waals surface area contributed by atoms with E-state index >= 15 is 0 Å². The number of aromatic nitrogens is 4. The molecule has 0 spiro atoms. The van der Waals surface area contributed by atoms with E-state index in [2.05, 4.69) is 20.8 Å². The molecule has 0 bridgehead atoms. The van der Waals surface area contributed by atoms with E-state index in [9.17, 15) is 9.18 Å². The van der Waals surface area contributed by atoms with E-state index < -0.39 is 11.7 Å². The molecule has 0 aliphatic heterocycles. The van der Waals surface area contributed by atoms with Gasteiger partial charge in [0.05, 0.1) is 11.3 Å². The lowest BCUT2D eigenvalue weighted by molar-refractivity contribution is 0.102. The molecule has 2 aromatic carbocycles. The first kappa shape index (κ1) is 14.8. The summed E-state index contributed by atoms with van der Waals surface area (Å²) in [6, 6.07) is 11.5. The summed E-state index contributed by atoms with van der Waals surface area (Å²) < 4.78 is 15.4. The van der Waals surface area contributed by atoms with Crippen molar-refractivity contribution in [1.29, 1.82) is 0 Å². The highest BCUT2D eigenvalue weighted by Gasteiger charge is 2.15. The van der Waals surface area contributed by atoms with Crippen LogP contribution in [0.3, 0.4) is 0 Å². The standard InChI is InChI=1S/C16H14FN5O/c1-10-5-3-8-14(17)15(10)16(23)18-12-6-4-7-13(9-12)22-11(2)19-20-21-22/h3-9H,1-2H3,(H,18,23). The van der Waals surface area contributed by atoms with Crippen molar-refractivity contribution in [2.24, 2.45) is 0 Å². The quantitative estimate of drug-likeness (QED) is 0.807. The average molecular weight is 311 g/mol. The van der Waals surface area contributed by atoms with Crippen molar-refractivity contribution in [3.05, 3.63) is 65.2 Å². The van der Waals surface area contributed by atoms with Crippen LogP contribution in [0.1, 0.15) is 21.7 Å². The van der Waals surface area contributed by atoms with Gasteiger partial charge in [-0.25, -0.2) is 4.39 Å². The number of carbonyl (C=O) groups is 1. The molecule has 0 fully saturated rings. The Kier molecular flexibility index (Phi) is 3.84. The number of halogens is 1. The van der Waals surface area contributed by atoms with Crippen LogP contribution < -0.4 is 5.32 Å². The van der Waals surface area contributed by atoms with Crippen molar-refractivity contribution in [3.63, 3.8) is 0 Å². The van der Waals surface area contributed by atoms with Crippen LogP contribution in [-0.2, 0) is 0 Å². The minimum Gasteiger partial charge on any atom is -0.322 e. The summed E-state index contributed by atoms with van der Waals surface area (Å²) in [6.07, 6.45) is 0. The maximum absolute atomic E-state index is 13.9. The van der Waals surface area contributed by atoms with E-state index in [1.165, 1.54) is 6.07 Å². The zero-order valence-corrected chi connectivity index (χ0v) is 12.6. The zero-order chi connectivity index (χ0) is 16.4. The average Bonchev–Trinajstić information content (AvgIpc) is 2.93. The van der Waals surface area contributed by atoms with Crippen LogP contribution in [0.2, 0.25) is 0 Å². The Morgan fingerprint density at radius 2 is 1.96 bits per heavy atom. The molecule has 0 aliphatic rings. The Labute approximate surface area is 132 Å². The maximum Gasteiger partial charge on any atom is 0.258 e. The molecule has 0 saturated carbocycles. The third-order valence-electron chi connectivity index (χ3n) is 3.42. The van der Waals surface area contributed by atoms with Gasteiger partial charge in [0.15, 0.2) is 5.82 Å². The minimum absolute atomic E-state index is 0.0384. The Morgan fingerprint density at radius 3 is 2.65 bits per heavy atom. The first-order chi connectivity index (χ1) is 11.1. The van der Waals surface area contributed by atoms with Gasteiger partial charge in [-0.1, -0.05) is 18.2 Å². The number of aryl methyl sites for hydroxylation is 2. The number of amides is 1. The number of hydrogen-bond donors (Lipinski definition) is 1. The first-order valence-corrected chi connectivity index (χ1v) is 6.98. The molecule has 116 valence electrons. The van der Waals surface area contributed by atoms with Crippen molar-refractivity contribution in [2.45, 2.75) is 13.8 Å².